The van der Waals surface area contributed by atoms with Crippen molar-refractivity contribution in [2.75, 3.05) is 11.9 Å². The van der Waals surface area contributed by atoms with Crippen LogP contribution in [0.2, 0.25) is 0 Å². The van der Waals surface area contributed by atoms with E-state index in [2.05, 4.69) is 16.3 Å². The molecule has 1 heterocycles. The van der Waals surface area contributed by atoms with Crippen molar-refractivity contribution in [2.45, 2.75) is 46.1 Å². The Morgan fingerprint density at radius 1 is 1.53 bits per heavy atom. The van der Waals surface area contributed by atoms with Gasteiger partial charge in [0.25, 0.3) is 0 Å². The highest BCUT2D eigenvalue weighted by molar-refractivity contribution is 5.59. The maximum Gasteiger partial charge on any atom is 0.333 e. The van der Waals surface area contributed by atoms with Crippen molar-refractivity contribution in [2.24, 2.45) is 0 Å². The van der Waals surface area contributed by atoms with Crippen LogP contribution < -0.4 is 5.32 Å². The van der Waals surface area contributed by atoms with Crippen molar-refractivity contribution in [3.05, 3.63) is 15.8 Å². The molecule has 0 aliphatic heterocycles. The van der Waals surface area contributed by atoms with E-state index in [9.17, 15) is 10.1 Å². The minimum Gasteiger partial charge on any atom is -0.365 e. The van der Waals surface area contributed by atoms with Gasteiger partial charge >= 0.3 is 5.69 Å². The molecule has 0 radical (unpaired) electrons. The number of aryl methyl sites for hydroxylation is 2. The number of hydrogen-bond acceptors (Lipinski definition) is 4. The Morgan fingerprint density at radius 2 is 2.26 bits per heavy atom. The minimum atomic E-state index is -0.377. The summed E-state index contributed by atoms with van der Waals surface area (Å²) in [6, 6.07) is 0. The monoisotopic (exact) mass is 264 g/mol. The topological polar surface area (TPSA) is 73.0 Å². The van der Waals surface area contributed by atoms with Crippen molar-refractivity contribution in [3.63, 3.8) is 0 Å². The van der Waals surface area contributed by atoms with Crippen LogP contribution in [0, 0.1) is 29.4 Å². The second kappa shape index (κ2) is 7.41. The summed E-state index contributed by atoms with van der Waals surface area (Å²) in [5, 5.41) is 18.4. The molecule has 104 valence electrons. The third kappa shape index (κ3) is 3.98. The number of unbranched alkanes of at least 4 members (excludes halogenated alkanes) is 2. The smallest absolute Gasteiger partial charge is 0.333 e. The predicted molar refractivity (Wildman–Crippen MR) is 75.1 cm³/mol. The molecule has 0 fully saturated rings. The van der Waals surface area contributed by atoms with Crippen molar-refractivity contribution < 1.29 is 4.92 Å². The van der Waals surface area contributed by atoms with Crippen LogP contribution in [0.1, 0.15) is 38.3 Å². The zero-order chi connectivity index (χ0) is 14.3. The van der Waals surface area contributed by atoms with Gasteiger partial charge in [0.2, 0.25) is 5.82 Å². The number of nitro groups is 1. The van der Waals surface area contributed by atoms with Crippen LogP contribution in [0.4, 0.5) is 11.5 Å². The largest absolute Gasteiger partial charge is 0.365 e. The van der Waals surface area contributed by atoms with Gasteiger partial charge < -0.3 is 5.32 Å². The summed E-state index contributed by atoms with van der Waals surface area (Å²) in [6.07, 6.45) is 8.59. The molecule has 19 heavy (non-hydrogen) atoms. The summed E-state index contributed by atoms with van der Waals surface area (Å²) >= 11 is 0. The van der Waals surface area contributed by atoms with Gasteiger partial charge in [0.05, 0.1) is 4.92 Å². The Bertz CT molecular complexity index is 474. The Hall–Kier alpha value is -2.03. The molecule has 1 N–H and O–H groups in total. The van der Waals surface area contributed by atoms with E-state index in [4.69, 9.17) is 6.42 Å². The van der Waals surface area contributed by atoms with Gasteiger partial charge in [-0.3, -0.25) is 10.1 Å². The number of aromatic nitrogens is 2. The van der Waals surface area contributed by atoms with E-state index >= 15 is 0 Å². The van der Waals surface area contributed by atoms with Gasteiger partial charge in [-0.1, -0.05) is 6.92 Å². The van der Waals surface area contributed by atoms with Crippen LogP contribution in [-0.2, 0) is 6.54 Å². The molecule has 6 heteroatoms. The molecule has 0 amide bonds. The molecule has 0 spiro atoms. The van der Waals surface area contributed by atoms with Gasteiger partial charge in [-0.05, 0) is 26.2 Å². The van der Waals surface area contributed by atoms with E-state index in [1.54, 1.807) is 11.6 Å². The third-order valence-corrected chi connectivity index (χ3v) is 2.75. The van der Waals surface area contributed by atoms with Gasteiger partial charge in [0, 0.05) is 19.5 Å². The minimum absolute atomic E-state index is 0.0744. The summed E-state index contributed by atoms with van der Waals surface area (Å²) in [7, 11) is 0. The second-order valence-electron chi connectivity index (χ2n) is 4.35. The fourth-order valence-electron chi connectivity index (χ4n) is 1.90. The normalized spacial score (nSPS) is 10.2. The summed E-state index contributed by atoms with van der Waals surface area (Å²) in [4.78, 5) is 10.7. The zero-order valence-electron chi connectivity index (χ0n) is 11.5. The van der Waals surface area contributed by atoms with Crippen molar-refractivity contribution in [1.82, 2.24) is 9.78 Å². The average Bonchev–Trinajstić information content (AvgIpc) is 2.66. The lowest BCUT2D eigenvalue weighted by Gasteiger charge is -2.07. The van der Waals surface area contributed by atoms with Crippen LogP contribution >= 0.6 is 0 Å². The lowest BCUT2D eigenvalue weighted by atomic mass is 10.2. The Morgan fingerprint density at radius 3 is 2.84 bits per heavy atom. The molecule has 0 aliphatic carbocycles. The highest BCUT2D eigenvalue weighted by Crippen LogP contribution is 2.28. The molecule has 0 saturated carbocycles. The Labute approximate surface area is 113 Å². The van der Waals surface area contributed by atoms with E-state index < -0.39 is 0 Å². The van der Waals surface area contributed by atoms with Crippen LogP contribution in [0.25, 0.3) is 0 Å². The predicted octanol–water partition coefficient (Wildman–Crippen LogP) is 2.73. The summed E-state index contributed by atoms with van der Waals surface area (Å²) in [6.45, 7) is 5.01. The van der Waals surface area contributed by atoms with E-state index in [0.717, 1.165) is 25.7 Å². The molecular weight excluding hydrogens is 244 g/mol. The zero-order valence-corrected chi connectivity index (χ0v) is 11.5. The standard InChI is InChI=1S/C13H20N4O2/c1-4-6-7-8-9-14-13-12(17(18)19)11(3)15-16(13)10-5-2/h1,14H,5-10H2,2-3H3. The molecular formula is C13H20N4O2. The maximum absolute atomic E-state index is 11.1. The molecule has 6 nitrogen and oxygen atoms in total. The first-order chi connectivity index (χ1) is 9.11. The summed E-state index contributed by atoms with van der Waals surface area (Å²) < 4.78 is 1.68. The third-order valence-electron chi connectivity index (χ3n) is 2.75. The van der Waals surface area contributed by atoms with Gasteiger partial charge in [0.1, 0.15) is 5.69 Å². The van der Waals surface area contributed by atoms with E-state index in [1.807, 2.05) is 6.92 Å². The number of anilines is 1. The lowest BCUT2D eigenvalue weighted by Crippen LogP contribution is -2.10. The Balaban J connectivity index is 2.78. The second-order valence-corrected chi connectivity index (χ2v) is 4.35. The number of terminal acetylenes is 1. The average molecular weight is 264 g/mol. The van der Waals surface area contributed by atoms with Crippen LogP contribution in [-0.4, -0.2) is 21.2 Å². The summed E-state index contributed by atoms with van der Waals surface area (Å²) in [5.74, 6) is 3.08. The van der Waals surface area contributed by atoms with Crippen LogP contribution in [0.5, 0.6) is 0 Å². The van der Waals surface area contributed by atoms with E-state index in [1.165, 1.54) is 0 Å². The lowest BCUT2D eigenvalue weighted by molar-refractivity contribution is -0.384. The van der Waals surface area contributed by atoms with Crippen molar-refractivity contribution in [3.8, 4) is 12.3 Å². The first-order valence-corrected chi connectivity index (χ1v) is 6.51. The molecule has 0 atom stereocenters. The highest BCUT2D eigenvalue weighted by Gasteiger charge is 2.24. The van der Waals surface area contributed by atoms with Crippen molar-refractivity contribution in [1.29, 1.82) is 0 Å². The molecule has 1 rings (SSSR count). The molecule has 0 aromatic carbocycles. The molecule has 0 unspecified atom stereocenters. The first-order valence-electron chi connectivity index (χ1n) is 6.51. The fraction of sp³-hybridized carbons (Fsp3) is 0.615. The van der Waals surface area contributed by atoms with Crippen molar-refractivity contribution >= 4 is 11.5 Å². The van der Waals surface area contributed by atoms with Crippen LogP contribution in [0.15, 0.2) is 0 Å². The number of hydrogen-bond donors (Lipinski definition) is 1. The molecule has 0 bridgehead atoms. The van der Waals surface area contributed by atoms with E-state index in [-0.39, 0.29) is 10.6 Å². The van der Waals surface area contributed by atoms with Gasteiger partial charge in [-0.2, -0.15) is 5.10 Å². The highest BCUT2D eigenvalue weighted by atomic mass is 16.6. The molecule has 0 saturated heterocycles. The van der Waals surface area contributed by atoms with Gasteiger partial charge in [-0.25, -0.2) is 4.68 Å². The summed E-state index contributed by atoms with van der Waals surface area (Å²) in [5.41, 5.74) is 0.523. The molecule has 0 aliphatic rings. The number of rotatable bonds is 8. The van der Waals surface area contributed by atoms with Crippen LogP contribution in [0.3, 0.4) is 0 Å². The SMILES string of the molecule is C#CCCCCNc1c([N+](=O)[O-])c(C)nn1CCC. The van der Waals surface area contributed by atoms with Gasteiger partial charge in [-0.15, -0.1) is 12.3 Å². The molecule has 1 aromatic rings. The van der Waals surface area contributed by atoms with E-state index in [0.29, 0.717) is 24.6 Å². The number of nitrogens with zero attached hydrogens (tertiary/aromatic N) is 3. The maximum atomic E-state index is 11.1. The Kier molecular flexibility index (Phi) is 5.86. The fourth-order valence-corrected chi connectivity index (χ4v) is 1.90. The first kappa shape index (κ1) is 15.0. The molecule has 1 aromatic heterocycles. The number of nitrogens with one attached hydrogen (secondary N) is 1. The van der Waals surface area contributed by atoms with Gasteiger partial charge in [0.15, 0.2) is 0 Å². The quantitative estimate of drug-likeness (QED) is 0.339.